The summed E-state index contributed by atoms with van der Waals surface area (Å²) >= 11 is 0. The smallest absolute Gasteiger partial charge is 0.319 e. The Bertz CT molecular complexity index is 1970. The van der Waals surface area contributed by atoms with Gasteiger partial charge in [-0.1, -0.05) is 12.0 Å². The molecule has 0 radical (unpaired) electrons. The Hall–Kier alpha value is -4.15. The van der Waals surface area contributed by atoms with Crippen molar-refractivity contribution in [2.45, 2.75) is 31.0 Å². The summed E-state index contributed by atoms with van der Waals surface area (Å²) < 4.78 is 76.1. The zero-order valence-corrected chi connectivity index (χ0v) is 24.4. The van der Waals surface area contributed by atoms with E-state index >= 15 is 4.39 Å². The number of terminal acetylenes is 1. The molecule has 2 atom stereocenters. The van der Waals surface area contributed by atoms with E-state index in [0.29, 0.717) is 18.4 Å². The van der Waals surface area contributed by atoms with Crippen molar-refractivity contribution in [1.29, 1.82) is 0 Å². The van der Waals surface area contributed by atoms with Crippen molar-refractivity contribution in [3.8, 4) is 35.4 Å². The molecule has 3 aliphatic rings. The number of hydrogen-bond donors (Lipinski definition) is 1. The number of phenolic OH excluding ortho intramolecular Hbond substituents is 1. The summed E-state index contributed by atoms with van der Waals surface area (Å²) in [5.74, 6) is 0.597. The fourth-order valence-electron chi connectivity index (χ4n) is 6.84. The van der Waals surface area contributed by atoms with E-state index in [1.807, 2.05) is 0 Å². The van der Waals surface area contributed by atoms with Gasteiger partial charge in [0.25, 0.3) is 0 Å². The zero-order valence-electron chi connectivity index (χ0n) is 23.6. The lowest BCUT2D eigenvalue weighted by atomic mass is 9.95. The van der Waals surface area contributed by atoms with Crippen LogP contribution in [-0.4, -0.2) is 89.4 Å². The van der Waals surface area contributed by atoms with Crippen LogP contribution in [0.25, 0.3) is 32.9 Å². The second-order valence-electron chi connectivity index (χ2n) is 11.7. The number of nitrogens with zero attached hydrogens (tertiary/aromatic N) is 5. The highest BCUT2D eigenvalue weighted by Gasteiger charge is 2.49. The lowest BCUT2D eigenvalue weighted by Gasteiger charge is -2.31. The van der Waals surface area contributed by atoms with E-state index in [4.69, 9.17) is 11.2 Å². The molecule has 0 aliphatic carbocycles. The Morgan fingerprint density at radius 3 is 2.73 bits per heavy atom. The number of phenols is 1. The SMILES string of the molecule is C#Cc1c(F)ccc2cc(O)cc(-c3ncc4c(N5CCS(=O)(=O)CC5)nc(OC[C@@]56CCCN5C[C@H](F)C6)nc4c3F)c12. The third-order valence-electron chi connectivity index (χ3n) is 8.97. The van der Waals surface area contributed by atoms with Crippen LogP contribution >= 0.6 is 0 Å². The van der Waals surface area contributed by atoms with E-state index < -0.39 is 33.2 Å². The highest BCUT2D eigenvalue weighted by molar-refractivity contribution is 7.91. The van der Waals surface area contributed by atoms with Crippen molar-refractivity contribution in [3.63, 3.8) is 0 Å². The van der Waals surface area contributed by atoms with Gasteiger partial charge in [-0.3, -0.25) is 9.88 Å². The first-order valence-electron chi connectivity index (χ1n) is 14.3. The molecule has 0 bridgehead atoms. The van der Waals surface area contributed by atoms with Crippen molar-refractivity contribution in [3.05, 3.63) is 47.7 Å². The topological polar surface area (TPSA) is 109 Å². The van der Waals surface area contributed by atoms with Gasteiger partial charge >= 0.3 is 6.01 Å². The van der Waals surface area contributed by atoms with Gasteiger partial charge in [-0.2, -0.15) is 9.97 Å². The first-order valence-corrected chi connectivity index (χ1v) is 16.2. The van der Waals surface area contributed by atoms with Crippen molar-refractivity contribution in [1.82, 2.24) is 19.9 Å². The van der Waals surface area contributed by atoms with Crippen LogP contribution in [0, 0.1) is 24.0 Å². The van der Waals surface area contributed by atoms with E-state index in [1.54, 1.807) is 4.90 Å². The Balaban J connectivity index is 1.38. The minimum Gasteiger partial charge on any atom is -0.508 e. The van der Waals surface area contributed by atoms with Crippen LogP contribution in [0.2, 0.25) is 0 Å². The van der Waals surface area contributed by atoms with Crippen LogP contribution in [-0.2, 0) is 9.84 Å². The van der Waals surface area contributed by atoms with Gasteiger partial charge in [0.15, 0.2) is 15.7 Å². The molecule has 0 spiro atoms. The van der Waals surface area contributed by atoms with Gasteiger partial charge in [0.05, 0.1) is 28.0 Å². The quantitative estimate of drug-likeness (QED) is 0.330. The first kappa shape index (κ1) is 28.6. The van der Waals surface area contributed by atoms with Gasteiger partial charge in [-0.05, 0) is 43.0 Å². The van der Waals surface area contributed by atoms with Crippen molar-refractivity contribution in [2.24, 2.45) is 0 Å². The second-order valence-corrected chi connectivity index (χ2v) is 14.0. The summed E-state index contributed by atoms with van der Waals surface area (Å²) in [5.41, 5.74) is -0.930. The summed E-state index contributed by atoms with van der Waals surface area (Å²) in [4.78, 5) is 17.1. The molecule has 13 heteroatoms. The summed E-state index contributed by atoms with van der Waals surface area (Å²) in [6.07, 6.45) is 7.99. The van der Waals surface area contributed by atoms with Gasteiger partial charge < -0.3 is 14.7 Å². The number of sulfone groups is 1. The standard InChI is InChI=1S/C31H28F3N5O4S/c1-2-21-24(33)5-4-18-12-20(40)13-22(25(18)21)27-26(34)28-23(15-35-27)29(38-8-10-44(41,42)11-9-38)37-30(36-28)43-17-31-6-3-7-39(31)16-19(32)14-31/h1,4-5,12-13,15,19,40H,3,6-11,14,16-17H2/t19-,31+/m1/s1. The molecule has 5 heterocycles. The normalized spacial score (nSPS) is 23.2. The summed E-state index contributed by atoms with van der Waals surface area (Å²) in [7, 11) is -3.23. The Labute approximate surface area is 251 Å². The monoisotopic (exact) mass is 623 g/mol. The van der Waals surface area contributed by atoms with E-state index in [9.17, 15) is 22.3 Å². The fraction of sp³-hybridized carbons (Fsp3) is 0.387. The number of halogens is 3. The lowest BCUT2D eigenvalue weighted by molar-refractivity contribution is 0.107. The van der Waals surface area contributed by atoms with Gasteiger partial charge in [0.2, 0.25) is 0 Å². The van der Waals surface area contributed by atoms with Crippen molar-refractivity contribution < 1.29 is 31.4 Å². The van der Waals surface area contributed by atoms with Crippen LogP contribution in [0.15, 0.2) is 30.5 Å². The molecular weight excluding hydrogens is 595 g/mol. The molecule has 2 aromatic heterocycles. The highest BCUT2D eigenvalue weighted by atomic mass is 32.2. The maximum Gasteiger partial charge on any atom is 0.319 e. The van der Waals surface area contributed by atoms with Crippen LogP contribution in [0.4, 0.5) is 19.0 Å². The number of benzene rings is 2. The molecule has 4 aromatic rings. The van der Waals surface area contributed by atoms with Crippen LogP contribution in [0.5, 0.6) is 11.8 Å². The number of pyridine rings is 1. The first-order chi connectivity index (χ1) is 21.1. The number of rotatable bonds is 5. The number of anilines is 1. The number of hydrogen-bond acceptors (Lipinski definition) is 9. The van der Waals surface area contributed by atoms with Crippen LogP contribution in [0.1, 0.15) is 24.8 Å². The minimum atomic E-state index is -3.23. The number of aromatic nitrogens is 3. The van der Waals surface area contributed by atoms with Crippen molar-refractivity contribution >= 4 is 37.3 Å². The molecule has 228 valence electrons. The second kappa shape index (κ2) is 10.5. The average molecular weight is 624 g/mol. The summed E-state index contributed by atoms with van der Waals surface area (Å²) in [5, 5.41) is 11.3. The number of aromatic hydroxyl groups is 1. The molecule has 7 rings (SSSR count). The minimum absolute atomic E-state index is 0.0685. The van der Waals surface area contributed by atoms with Crippen LogP contribution < -0.4 is 9.64 Å². The molecular formula is C31H28F3N5O4S. The number of ether oxygens (including phenoxy) is 1. The van der Waals surface area contributed by atoms with Gasteiger partial charge in [0.1, 0.15) is 41.4 Å². The Morgan fingerprint density at radius 2 is 1.95 bits per heavy atom. The average Bonchev–Trinajstić information content (AvgIpc) is 3.51. The zero-order chi connectivity index (χ0) is 30.8. The fourth-order valence-corrected chi connectivity index (χ4v) is 8.04. The molecule has 3 aliphatic heterocycles. The largest absolute Gasteiger partial charge is 0.508 e. The third-order valence-corrected chi connectivity index (χ3v) is 10.6. The molecule has 3 fully saturated rings. The number of fused-ring (bicyclic) bond motifs is 3. The van der Waals surface area contributed by atoms with Gasteiger partial charge in [-0.25, -0.2) is 21.6 Å². The predicted molar refractivity (Wildman–Crippen MR) is 159 cm³/mol. The molecule has 2 aromatic carbocycles. The Kier molecular flexibility index (Phi) is 6.82. The number of alkyl halides is 1. The molecule has 0 unspecified atom stereocenters. The third kappa shape index (κ3) is 4.77. The predicted octanol–water partition coefficient (Wildman–Crippen LogP) is 4.00. The van der Waals surface area contributed by atoms with E-state index in [1.165, 1.54) is 30.5 Å². The molecule has 1 N–H and O–H groups in total. The van der Waals surface area contributed by atoms with Gasteiger partial charge in [0, 0.05) is 43.2 Å². The molecule has 3 saturated heterocycles. The maximum absolute atomic E-state index is 16.6. The maximum atomic E-state index is 16.6. The van der Waals surface area contributed by atoms with Crippen molar-refractivity contribution in [2.75, 3.05) is 49.2 Å². The molecule has 0 saturated carbocycles. The summed E-state index contributed by atoms with van der Waals surface area (Å²) in [6.45, 7) is 1.45. The molecule has 9 nitrogen and oxygen atoms in total. The van der Waals surface area contributed by atoms with Crippen LogP contribution in [0.3, 0.4) is 0 Å². The van der Waals surface area contributed by atoms with E-state index in [-0.39, 0.29) is 81.9 Å². The molecule has 44 heavy (non-hydrogen) atoms. The summed E-state index contributed by atoms with van der Waals surface area (Å²) in [6, 6.07) is 5.12. The highest BCUT2D eigenvalue weighted by Crippen LogP contribution is 2.41. The van der Waals surface area contributed by atoms with E-state index in [0.717, 1.165) is 19.4 Å². The van der Waals surface area contributed by atoms with E-state index in [2.05, 4.69) is 25.8 Å². The molecule has 0 amide bonds. The van der Waals surface area contributed by atoms with Gasteiger partial charge in [-0.15, -0.1) is 6.42 Å². The Morgan fingerprint density at radius 1 is 1.16 bits per heavy atom. The lowest BCUT2D eigenvalue weighted by Crippen LogP contribution is -2.43.